The fourth-order valence-corrected chi connectivity index (χ4v) is 7.06. The molecule has 2 aliphatic rings. The van der Waals surface area contributed by atoms with Gasteiger partial charge in [-0.25, -0.2) is 19.6 Å². The number of aromatic nitrogens is 4. The van der Waals surface area contributed by atoms with E-state index in [4.69, 9.17) is 14.2 Å². The van der Waals surface area contributed by atoms with E-state index in [-0.39, 0.29) is 17.9 Å². The van der Waals surface area contributed by atoms with Crippen molar-refractivity contribution < 1.29 is 33.4 Å². The molecule has 4 heterocycles. The minimum Gasteiger partial charge on any atom is -0.453 e. The van der Waals surface area contributed by atoms with Crippen LogP contribution in [0.15, 0.2) is 60.9 Å². The van der Waals surface area contributed by atoms with Gasteiger partial charge in [0.2, 0.25) is 11.8 Å². The monoisotopic (exact) mass is 754 g/mol. The van der Waals surface area contributed by atoms with Crippen molar-refractivity contribution >= 4 is 24.0 Å². The molecule has 4 aromatic rings. The molecule has 6 rings (SSSR count). The highest BCUT2D eigenvalue weighted by molar-refractivity contribution is 5.89. The molecule has 292 valence electrons. The SMILES string of the molecule is COC(=O)N[C@H]1CCCCCOCC[C@@H](c2ncc(-c3ccc(-c4ccc(-c5cnc([C@@H]6CCCN6C(=O)C(C)(C)NC(=O)OC)[nH]5)cc4)cc3)[nH]2)NC1=O. The number of nitrogens with zero attached hydrogens (tertiary/aromatic N) is 3. The van der Waals surface area contributed by atoms with Crippen LogP contribution >= 0.6 is 0 Å². The summed E-state index contributed by atoms with van der Waals surface area (Å²) >= 11 is 0. The van der Waals surface area contributed by atoms with E-state index in [1.807, 2.05) is 24.3 Å². The summed E-state index contributed by atoms with van der Waals surface area (Å²) in [6, 6.07) is 15.0. The Hall–Kier alpha value is -5.70. The second-order valence-corrected chi connectivity index (χ2v) is 14.4. The number of amides is 4. The Labute approximate surface area is 320 Å². The van der Waals surface area contributed by atoms with Crippen LogP contribution < -0.4 is 16.0 Å². The Balaban J connectivity index is 1.11. The number of alkyl carbamates (subject to hydrolysis) is 2. The van der Waals surface area contributed by atoms with Gasteiger partial charge < -0.3 is 45.0 Å². The molecular weight excluding hydrogens is 704 g/mol. The van der Waals surface area contributed by atoms with Crippen LogP contribution in [0.2, 0.25) is 0 Å². The zero-order valence-corrected chi connectivity index (χ0v) is 31.8. The van der Waals surface area contributed by atoms with Gasteiger partial charge in [0.25, 0.3) is 0 Å². The molecule has 0 unspecified atom stereocenters. The molecule has 5 N–H and O–H groups in total. The van der Waals surface area contributed by atoms with Gasteiger partial charge in [-0.1, -0.05) is 61.4 Å². The number of ether oxygens (including phenoxy) is 3. The molecule has 55 heavy (non-hydrogen) atoms. The molecule has 0 saturated carbocycles. The van der Waals surface area contributed by atoms with Crippen LogP contribution in [0.25, 0.3) is 33.6 Å². The number of aromatic amines is 2. The van der Waals surface area contributed by atoms with Crippen molar-refractivity contribution in [2.75, 3.05) is 34.0 Å². The third kappa shape index (κ3) is 9.52. The summed E-state index contributed by atoms with van der Waals surface area (Å²) < 4.78 is 15.3. The summed E-state index contributed by atoms with van der Waals surface area (Å²) in [7, 11) is 2.55. The topological polar surface area (TPSA) is 193 Å². The van der Waals surface area contributed by atoms with E-state index in [1.165, 1.54) is 14.2 Å². The smallest absolute Gasteiger partial charge is 0.407 e. The number of rotatable bonds is 8. The van der Waals surface area contributed by atoms with Gasteiger partial charge in [-0.3, -0.25) is 9.59 Å². The molecule has 2 aliphatic heterocycles. The molecule has 0 radical (unpaired) electrons. The third-order valence-electron chi connectivity index (χ3n) is 10.2. The zero-order valence-electron chi connectivity index (χ0n) is 31.8. The second kappa shape index (κ2) is 17.6. The summed E-state index contributed by atoms with van der Waals surface area (Å²) in [6.07, 6.45) is 7.43. The van der Waals surface area contributed by atoms with Gasteiger partial charge >= 0.3 is 12.2 Å². The van der Waals surface area contributed by atoms with Gasteiger partial charge in [-0.2, -0.15) is 0 Å². The number of carbonyl (C=O) groups excluding carboxylic acids is 4. The normalized spacial score (nSPS) is 19.7. The lowest BCUT2D eigenvalue weighted by Gasteiger charge is -2.32. The van der Waals surface area contributed by atoms with Crippen molar-refractivity contribution in [3.8, 4) is 33.6 Å². The van der Waals surface area contributed by atoms with E-state index in [0.717, 1.165) is 65.7 Å². The van der Waals surface area contributed by atoms with Crippen LogP contribution in [-0.4, -0.2) is 94.4 Å². The molecule has 15 heteroatoms. The second-order valence-electron chi connectivity index (χ2n) is 14.4. The van der Waals surface area contributed by atoms with E-state index in [1.54, 1.807) is 31.1 Å². The average Bonchev–Trinajstić information content (AvgIpc) is 3.99. The van der Waals surface area contributed by atoms with Crippen molar-refractivity contribution in [3.63, 3.8) is 0 Å². The summed E-state index contributed by atoms with van der Waals surface area (Å²) in [5.74, 6) is 0.827. The Morgan fingerprint density at radius 1 is 0.764 bits per heavy atom. The summed E-state index contributed by atoms with van der Waals surface area (Å²) in [6.45, 7) is 5.01. The van der Waals surface area contributed by atoms with E-state index >= 15 is 0 Å². The molecule has 2 fully saturated rings. The Morgan fingerprint density at radius 2 is 1.36 bits per heavy atom. The number of nitrogens with one attached hydrogen (secondary N) is 5. The van der Waals surface area contributed by atoms with Gasteiger partial charge in [0.1, 0.15) is 23.2 Å². The number of methoxy groups -OCH3 is 2. The largest absolute Gasteiger partial charge is 0.453 e. The number of benzene rings is 2. The van der Waals surface area contributed by atoms with Gasteiger partial charge in [0.15, 0.2) is 0 Å². The van der Waals surface area contributed by atoms with E-state index in [9.17, 15) is 19.2 Å². The number of carbonyl (C=O) groups is 4. The standard InChI is InChI=1S/C40H50N8O7/c1-40(2,47-39(52)54-4)37(50)48-20-8-10-33(48)35-42-24-32(44-35)28-17-13-26(14-18-28)25-11-15-27(16-12-25)31-23-41-34(43-31)29-19-22-55-21-7-5-6-9-30(36(49)45-29)46-38(51)53-3/h11-18,23-24,29-30,33H,5-10,19-22H2,1-4H3,(H,41,43)(H,42,44)(H,45,49)(H,46,51)(H,47,52)/t29-,30-,33-/m0/s1. The van der Waals surface area contributed by atoms with Gasteiger partial charge in [-0.15, -0.1) is 0 Å². The molecule has 0 bridgehead atoms. The van der Waals surface area contributed by atoms with Crippen molar-refractivity contribution in [2.45, 2.75) is 82.5 Å². The first-order valence-corrected chi connectivity index (χ1v) is 18.8. The molecule has 3 atom stereocenters. The maximum absolute atomic E-state index is 13.4. The number of hydrogen-bond donors (Lipinski definition) is 5. The van der Waals surface area contributed by atoms with Gasteiger partial charge in [-0.05, 0) is 68.2 Å². The van der Waals surface area contributed by atoms with Gasteiger partial charge in [0, 0.05) is 19.8 Å². The van der Waals surface area contributed by atoms with E-state index < -0.39 is 29.8 Å². The number of likely N-dealkylation sites (tertiary alicyclic amines) is 1. The number of imidazole rings is 2. The van der Waals surface area contributed by atoms with Crippen molar-refractivity contribution in [3.05, 3.63) is 72.6 Å². The third-order valence-corrected chi connectivity index (χ3v) is 10.2. The molecular formula is C40H50N8O7. The Kier molecular flexibility index (Phi) is 12.5. The number of H-pyrrole nitrogens is 2. The van der Waals surface area contributed by atoms with Crippen LogP contribution in [0.3, 0.4) is 0 Å². The van der Waals surface area contributed by atoms with Gasteiger partial charge in [0.05, 0.1) is 50.1 Å². The molecule has 2 aromatic heterocycles. The maximum Gasteiger partial charge on any atom is 0.407 e. The van der Waals surface area contributed by atoms with Crippen molar-refractivity contribution in [1.82, 2.24) is 40.8 Å². The minimum absolute atomic E-state index is 0.193. The predicted molar refractivity (Wildman–Crippen MR) is 204 cm³/mol. The molecule has 4 amide bonds. The predicted octanol–water partition coefficient (Wildman–Crippen LogP) is 5.79. The lowest BCUT2D eigenvalue weighted by molar-refractivity contribution is -0.138. The molecule has 2 saturated heterocycles. The highest BCUT2D eigenvalue weighted by Gasteiger charge is 2.40. The summed E-state index contributed by atoms with van der Waals surface area (Å²) in [5, 5.41) is 8.35. The van der Waals surface area contributed by atoms with E-state index in [2.05, 4.69) is 60.2 Å². The average molecular weight is 755 g/mol. The van der Waals surface area contributed by atoms with Crippen molar-refractivity contribution in [2.24, 2.45) is 0 Å². The van der Waals surface area contributed by atoms with Crippen LogP contribution in [-0.2, 0) is 23.8 Å². The lowest BCUT2D eigenvalue weighted by Crippen LogP contribution is -2.55. The number of hydrogen-bond acceptors (Lipinski definition) is 9. The maximum atomic E-state index is 13.4. The highest BCUT2D eigenvalue weighted by Crippen LogP contribution is 2.34. The first-order valence-electron chi connectivity index (χ1n) is 18.8. The summed E-state index contributed by atoms with van der Waals surface area (Å²) in [4.78, 5) is 68.3. The van der Waals surface area contributed by atoms with E-state index in [0.29, 0.717) is 44.2 Å². The molecule has 0 spiro atoms. The molecule has 15 nitrogen and oxygen atoms in total. The zero-order chi connectivity index (χ0) is 39.0. The first kappa shape index (κ1) is 39.0. The highest BCUT2D eigenvalue weighted by atomic mass is 16.5. The van der Waals surface area contributed by atoms with Crippen LogP contribution in [0.1, 0.15) is 82.5 Å². The van der Waals surface area contributed by atoms with Crippen LogP contribution in [0.4, 0.5) is 9.59 Å². The van der Waals surface area contributed by atoms with Crippen LogP contribution in [0.5, 0.6) is 0 Å². The molecule has 2 aromatic carbocycles. The van der Waals surface area contributed by atoms with Crippen molar-refractivity contribution in [1.29, 1.82) is 0 Å². The molecule has 0 aliphatic carbocycles. The fraction of sp³-hybridized carbons (Fsp3) is 0.450. The lowest BCUT2D eigenvalue weighted by atomic mass is 10.0. The van der Waals surface area contributed by atoms with Crippen LogP contribution in [0, 0.1) is 0 Å². The first-order chi connectivity index (χ1) is 26.6. The fourth-order valence-electron chi connectivity index (χ4n) is 7.06. The quantitative estimate of drug-likeness (QED) is 0.148. The minimum atomic E-state index is -1.13. The Bertz CT molecular complexity index is 1940. The Morgan fingerprint density at radius 3 is 2.00 bits per heavy atom. The summed E-state index contributed by atoms with van der Waals surface area (Å²) in [5.41, 5.74) is 4.51.